The van der Waals surface area contributed by atoms with Crippen LogP contribution in [0.2, 0.25) is 0 Å². The summed E-state index contributed by atoms with van der Waals surface area (Å²) < 4.78 is 0. The molecule has 10 aromatic carbocycles. The van der Waals surface area contributed by atoms with E-state index < -0.39 is 0 Å². The predicted octanol–water partition coefficient (Wildman–Crippen LogP) is 21.4. The van der Waals surface area contributed by atoms with Gasteiger partial charge >= 0.3 is 0 Å². The van der Waals surface area contributed by atoms with Gasteiger partial charge in [-0.05, 0) is 104 Å². The van der Waals surface area contributed by atoms with Gasteiger partial charge < -0.3 is 24.9 Å². The number of fused-ring (bicyclic) bond motifs is 1. The number of para-hydroxylation sites is 1. The molecule has 16 rings (SSSR count). The van der Waals surface area contributed by atoms with Crippen molar-refractivity contribution in [3.63, 3.8) is 0 Å². The molecule has 0 fully saturated rings. The fourth-order valence-electron chi connectivity index (χ4n) is 9.75. The Hall–Kier alpha value is -10.0. The molecule has 0 unspecified atom stereocenters. The Balaban J connectivity index is 0.000000165. The number of hydrogen-bond acceptors (Lipinski definition) is 6. The fourth-order valence-corrected chi connectivity index (χ4v) is 9.75. The van der Waals surface area contributed by atoms with Gasteiger partial charge in [0.05, 0.1) is 5.52 Å². The zero-order chi connectivity index (χ0) is 63.9. The summed E-state index contributed by atoms with van der Waals surface area (Å²) >= 11 is 0. The summed E-state index contributed by atoms with van der Waals surface area (Å²) in [6.07, 6.45) is 9.07. The van der Waals surface area contributed by atoms with Crippen molar-refractivity contribution >= 4 is 10.9 Å². The Labute approximate surface area is 629 Å². The monoisotopic (exact) mass is 1970 g/mol. The third kappa shape index (κ3) is 23.1. The summed E-state index contributed by atoms with van der Waals surface area (Å²) in [4.78, 5) is 26.2. The number of rotatable bonds is 9. The number of hydrogen-bond donors (Lipinski definition) is 0. The van der Waals surface area contributed by atoms with Crippen LogP contribution in [0.15, 0.2) is 377 Å². The molecule has 10 heteroatoms. The van der Waals surface area contributed by atoms with E-state index in [2.05, 4.69) is 139 Å². The maximum atomic E-state index is 4.61. The normalized spacial score (nSPS) is 9.71. The smallest absolute Gasteiger partial charge is 0.0595 e. The minimum atomic E-state index is 0. The van der Waals surface area contributed by atoms with Crippen LogP contribution in [0.25, 0.3) is 112 Å². The summed E-state index contributed by atoms with van der Waals surface area (Å²) in [7, 11) is 0. The summed E-state index contributed by atoms with van der Waals surface area (Å²) in [6.45, 7) is 0. The molecule has 0 saturated heterocycles. The van der Waals surface area contributed by atoms with Gasteiger partial charge in [-0.2, -0.15) is 0 Å². The Morgan fingerprint density at radius 2 is 0.500 bits per heavy atom. The summed E-state index contributed by atoms with van der Waals surface area (Å²) in [6, 6.07) is 134. The second-order valence-electron chi connectivity index (χ2n) is 20.9. The number of benzene rings is 10. The third-order valence-corrected chi connectivity index (χ3v) is 14.4. The molecule has 4 radical (unpaired) electrons. The SMILES string of the molecule is [Ir].[Ir].[Ir].[Ir].[c-]1ccc(-c2ccccc2)cc1-c1ccccn1.[c-]1ccccc1-c1cc(-c2ccccc2)ccn1.[c-]1ccccc1-c1cc(-c2ccccc2)ccn1.[c-]1ccccc1-c1ccc2ccccc2n1.[c-]1ccccc1-c1ccccn1.[c-]1ccccc1-c1ccccn1. The predicted molar refractivity (Wildman–Crippen MR) is 385 cm³/mol. The molecule has 16 aromatic rings. The van der Waals surface area contributed by atoms with Gasteiger partial charge in [-0.25, -0.2) is 0 Å². The molecule has 486 valence electrons. The van der Waals surface area contributed by atoms with Crippen LogP contribution in [0.4, 0.5) is 0 Å². The van der Waals surface area contributed by atoms with E-state index >= 15 is 0 Å². The molecule has 0 amide bonds. The van der Waals surface area contributed by atoms with Gasteiger partial charge in [-0.15, -0.1) is 215 Å². The van der Waals surface area contributed by atoms with Gasteiger partial charge in [0.2, 0.25) is 0 Å². The van der Waals surface area contributed by atoms with Crippen molar-refractivity contribution in [1.29, 1.82) is 0 Å². The van der Waals surface area contributed by atoms with Crippen molar-refractivity contribution in [3.05, 3.63) is 413 Å². The largest absolute Gasteiger partial charge is 0.305 e. The van der Waals surface area contributed by atoms with Gasteiger partial charge in [0.15, 0.2) is 0 Å². The molecule has 0 aliphatic heterocycles. The second kappa shape index (κ2) is 41.8. The van der Waals surface area contributed by atoms with E-state index in [0.717, 1.165) is 73.1 Å². The Kier molecular flexibility index (Phi) is 32.1. The van der Waals surface area contributed by atoms with E-state index in [-0.39, 0.29) is 80.4 Å². The van der Waals surface area contributed by atoms with E-state index in [4.69, 9.17) is 0 Å². The zero-order valence-electron chi connectivity index (χ0n) is 52.8. The third-order valence-electron chi connectivity index (χ3n) is 14.4. The molecule has 6 aromatic heterocycles. The first-order chi connectivity index (χ1) is 46.7. The quantitative estimate of drug-likeness (QED) is 0.134. The van der Waals surface area contributed by atoms with Gasteiger partial charge in [-0.3, -0.25) is 4.98 Å². The van der Waals surface area contributed by atoms with Crippen molar-refractivity contribution in [3.8, 4) is 101 Å². The maximum Gasteiger partial charge on any atom is 0.0595 e. The van der Waals surface area contributed by atoms with Crippen LogP contribution in [0.3, 0.4) is 0 Å². The molecule has 0 saturated carbocycles. The minimum Gasteiger partial charge on any atom is -0.305 e. The van der Waals surface area contributed by atoms with Crippen LogP contribution in [0, 0.1) is 36.4 Å². The van der Waals surface area contributed by atoms with E-state index in [0.29, 0.717) is 0 Å². The molecule has 6 nitrogen and oxygen atoms in total. The van der Waals surface area contributed by atoms with Crippen LogP contribution in [0.1, 0.15) is 0 Å². The van der Waals surface area contributed by atoms with E-state index in [9.17, 15) is 0 Å². The topological polar surface area (TPSA) is 77.3 Å². The minimum absolute atomic E-state index is 0. The molecule has 0 bridgehead atoms. The second-order valence-corrected chi connectivity index (χ2v) is 20.9. The van der Waals surface area contributed by atoms with Gasteiger partial charge in [-0.1, -0.05) is 170 Å². The summed E-state index contributed by atoms with van der Waals surface area (Å²) in [5.74, 6) is 0. The van der Waals surface area contributed by atoms with Crippen LogP contribution < -0.4 is 0 Å². The Bertz CT molecular complexity index is 4200. The first-order valence-electron chi connectivity index (χ1n) is 30.7. The number of nitrogens with zero attached hydrogens (tertiary/aromatic N) is 6. The number of aromatic nitrogens is 6. The first-order valence-corrected chi connectivity index (χ1v) is 30.7. The molecule has 0 spiro atoms. The van der Waals surface area contributed by atoms with Crippen molar-refractivity contribution < 1.29 is 80.4 Å². The standard InChI is InChI=1S/3C17H12N.C15H10N.2C11H8N.4Ir/c2*1-3-7-14(8-4-1)16-11-12-18-17(13-16)15-9-5-2-6-10-15;1-2-7-14(8-3-1)15-9-6-10-16(13-15)17-11-4-5-12-18-17;1-2-6-12(7-3-1)15-11-10-13-8-4-5-9-14(13)16-15;2*1-2-6-10(7-3-1)11-8-4-5-9-12-11;;;;/h3*1-9,11-13H;1-6,8-11H;2*1-6,8-9H;;;;/q6*-1;;;;. The van der Waals surface area contributed by atoms with Crippen LogP contribution >= 0.6 is 0 Å². The molecule has 0 N–H and O–H groups in total. The molecule has 0 aliphatic carbocycles. The van der Waals surface area contributed by atoms with Gasteiger partial charge in [0.1, 0.15) is 0 Å². The van der Waals surface area contributed by atoms with E-state index in [1.54, 1.807) is 18.6 Å². The zero-order valence-corrected chi connectivity index (χ0v) is 62.4. The van der Waals surface area contributed by atoms with Crippen LogP contribution in [0.5, 0.6) is 0 Å². The Morgan fingerprint density at radius 3 is 0.878 bits per heavy atom. The van der Waals surface area contributed by atoms with Crippen LogP contribution in [-0.4, -0.2) is 29.9 Å². The first kappa shape index (κ1) is 75.3. The van der Waals surface area contributed by atoms with Crippen molar-refractivity contribution in [2.75, 3.05) is 0 Å². The van der Waals surface area contributed by atoms with Crippen molar-refractivity contribution in [2.24, 2.45) is 0 Å². The fraction of sp³-hybridized carbons (Fsp3) is 0. The molecule has 98 heavy (non-hydrogen) atoms. The van der Waals surface area contributed by atoms with Crippen molar-refractivity contribution in [1.82, 2.24) is 29.9 Å². The summed E-state index contributed by atoms with van der Waals surface area (Å²) in [5.41, 5.74) is 20.2. The van der Waals surface area contributed by atoms with Crippen molar-refractivity contribution in [2.45, 2.75) is 0 Å². The van der Waals surface area contributed by atoms with Gasteiger partial charge in [0, 0.05) is 111 Å². The van der Waals surface area contributed by atoms with Gasteiger partial charge in [0.25, 0.3) is 0 Å². The molecule has 6 heterocycles. The molecule has 0 atom stereocenters. The Morgan fingerprint density at radius 1 is 0.184 bits per heavy atom. The molecule has 0 aliphatic rings. The van der Waals surface area contributed by atoms with E-state index in [1.807, 2.05) is 285 Å². The van der Waals surface area contributed by atoms with E-state index in [1.165, 1.54) is 38.8 Å². The maximum absolute atomic E-state index is 4.61. The summed E-state index contributed by atoms with van der Waals surface area (Å²) in [5, 5.41) is 1.17. The average molecular weight is 1970 g/mol. The number of pyridine rings is 6. The molecular formula is C88H62Ir4N6-6. The molecular weight excluding hydrogens is 1910 g/mol. The average Bonchev–Trinajstić information content (AvgIpc) is 0.864. The van der Waals surface area contributed by atoms with Crippen LogP contribution in [-0.2, 0) is 80.4 Å².